The van der Waals surface area contributed by atoms with Crippen molar-refractivity contribution >= 4 is 15.7 Å². The average molecular weight is 294 g/mol. The van der Waals surface area contributed by atoms with Crippen molar-refractivity contribution in [3.8, 4) is 0 Å². The molecule has 1 aliphatic rings. The van der Waals surface area contributed by atoms with Crippen LogP contribution in [0.2, 0.25) is 0 Å². The van der Waals surface area contributed by atoms with Crippen molar-refractivity contribution in [3.63, 3.8) is 0 Å². The number of nitrogens with two attached hydrogens (primary N) is 1. The van der Waals surface area contributed by atoms with Crippen LogP contribution >= 0.6 is 0 Å². The third kappa shape index (κ3) is 4.08. The van der Waals surface area contributed by atoms with E-state index in [2.05, 4.69) is 25.2 Å². The molecule has 0 aliphatic heterocycles. The summed E-state index contributed by atoms with van der Waals surface area (Å²) in [6.45, 7) is 5.34. The van der Waals surface area contributed by atoms with Gasteiger partial charge in [0.1, 0.15) is 0 Å². The van der Waals surface area contributed by atoms with E-state index in [-0.39, 0.29) is 4.90 Å². The quantitative estimate of drug-likeness (QED) is 0.839. The number of benzene rings is 1. The molecule has 0 heterocycles. The minimum atomic E-state index is -3.60. The van der Waals surface area contributed by atoms with E-state index in [0.29, 0.717) is 11.8 Å². The molecule has 0 spiro atoms. The highest BCUT2D eigenvalue weighted by molar-refractivity contribution is 7.89. The van der Waals surface area contributed by atoms with Gasteiger partial charge in [0.05, 0.1) is 4.90 Å². The van der Waals surface area contributed by atoms with Gasteiger partial charge in [0.2, 0.25) is 10.0 Å². The van der Waals surface area contributed by atoms with Gasteiger partial charge in [-0.2, -0.15) is 0 Å². The number of sulfonamides is 1. The Balaban J connectivity index is 1.93. The van der Waals surface area contributed by atoms with Crippen molar-refractivity contribution in [2.75, 3.05) is 11.9 Å². The van der Waals surface area contributed by atoms with Crippen LogP contribution in [0.3, 0.4) is 0 Å². The third-order valence-electron chi connectivity index (χ3n) is 3.66. The highest BCUT2D eigenvalue weighted by Gasteiger charge is 2.17. The molecular weight excluding hydrogens is 272 g/mol. The molecule has 2 rings (SSSR count). The Bertz CT molecular complexity index is 591. The Labute approximate surface area is 121 Å². The fourth-order valence-electron chi connectivity index (χ4n) is 2.87. The van der Waals surface area contributed by atoms with Gasteiger partial charge in [-0.25, -0.2) is 13.6 Å². The van der Waals surface area contributed by atoms with Gasteiger partial charge in [0.15, 0.2) is 0 Å². The maximum absolute atomic E-state index is 11.2. The molecule has 5 heteroatoms. The van der Waals surface area contributed by atoms with Crippen LogP contribution in [0.4, 0.5) is 5.69 Å². The highest BCUT2D eigenvalue weighted by atomic mass is 32.2. The number of primary sulfonamides is 1. The first kappa shape index (κ1) is 15.1. The van der Waals surface area contributed by atoms with Crippen LogP contribution in [0, 0.1) is 11.8 Å². The summed E-state index contributed by atoms with van der Waals surface area (Å²) in [7, 11) is -3.60. The number of hydrogen-bond donors (Lipinski definition) is 2. The number of hydrogen-bond acceptors (Lipinski definition) is 3. The average Bonchev–Trinajstić information content (AvgIpc) is 2.35. The van der Waals surface area contributed by atoms with E-state index in [1.54, 1.807) is 12.1 Å². The molecule has 0 fully saturated rings. The zero-order chi connectivity index (χ0) is 14.8. The fourth-order valence-corrected chi connectivity index (χ4v) is 3.38. The first-order valence-corrected chi connectivity index (χ1v) is 8.43. The first-order chi connectivity index (χ1) is 9.34. The maximum Gasteiger partial charge on any atom is 0.238 e. The lowest BCUT2D eigenvalue weighted by Crippen LogP contribution is -2.20. The molecule has 0 aromatic heterocycles. The fraction of sp³-hybridized carbons (Fsp3) is 0.467. The maximum atomic E-state index is 11.2. The second-order valence-electron chi connectivity index (χ2n) is 5.75. The molecule has 1 aliphatic carbocycles. The summed E-state index contributed by atoms with van der Waals surface area (Å²) in [5.41, 5.74) is 2.39. The van der Waals surface area contributed by atoms with Crippen LogP contribution in [0.1, 0.15) is 26.7 Å². The van der Waals surface area contributed by atoms with Crippen molar-refractivity contribution in [1.29, 1.82) is 0 Å². The van der Waals surface area contributed by atoms with E-state index < -0.39 is 10.0 Å². The smallest absolute Gasteiger partial charge is 0.238 e. The number of rotatable bonds is 4. The topological polar surface area (TPSA) is 72.2 Å². The van der Waals surface area contributed by atoms with Crippen molar-refractivity contribution in [1.82, 2.24) is 0 Å². The third-order valence-corrected chi connectivity index (χ3v) is 4.59. The van der Waals surface area contributed by atoms with Crippen molar-refractivity contribution < 1.29 is 8.42 Å². The molecule has 1 aromatic rings. The molecule has 20 heavy (non-hydrogen) atoms. The molecule has 0 radical (unpaired) electrons. The monoisotopic (exact) mass is 294 g/mol. The Morgan fingerprint density at radius 1 is 1.30 bits per heavy atom. The minimum absolute atomic E-state index is 0.146. The summed E-state index contributed by atoms with van der Waals surface area (Å²) in [5, 5.41) is 8.45. The Morgan fingerprint density at radius 2 is 1.95 bits per heavy atom. The van der Waals surface area contributed by atoms with Gasteiger partial charge in [-0.15, -0.1) is 0 Å². The molecule has 110 valence electrons. The van der Waals surface area contributed by atoms with Gasteiger partial charge in [0, 0.05) is 12.2 Å². The van der Waals surface area contributed by atoms with E-state index in [1.807, 2.05) is 0 Å². The van der Waals surface area contributed by atoms with Gasteiger partial charge >= 0.3 is 0 Å². The second kappa shape index (κ2) is 5.97. The minimum Gasteiger partial charge on any atom is -0.385 e. The zero-order valence-electron chi connectivity index (χ0n) is 12.0. The molecule has 0 saturated heterocycles. The molecule has 0 saturated carbocycles. The molecular formula is C15H22N2O2S. The summed E-state index contributed by atoms with van der Waals surface area (Å²) >= 11 is 0. The lowest BCUT2D eigenvalue weighted by atomic mass is 9.84. The largest absolute Gasteiger partial charge is 0.385 e. The number of nitrogens with one attached hydrogen (secondary N) is 1. The van der Waals surface area contributed by atoms with Crippen LogP contribution < -0.4 is 10.5 Å². The summed E-state index contributed by atoms with van der Waals surface area (Å²) in [6.07, 6.45) is 4.67. The Hall–Kier alpha value is -1.33. The van der Waals surface area contributed by atoms with Gasteiger partial charge in [-0.3, -0.25) is 0 Å². The predicted octanol–water partition coefficient (Wildman–Crippen LogP) is 2.74. The summed E-state index contributed by atoms with van der Waals surface area (Å²) in [6, 6.07) is 6.59. The molecule has 0 amide bonds. The Morgan fingerprint density at radius 3 is 2.50 bits per heavy atom. The van der Waals surface area contributed by atoms with E-state index in [4.69, 9.17) is 5.14 Å². The summed E-state index contributed by atoms with van der Waals surface area (Å²) < 4.78 is 22.3. The summed E-state index contributed by atoms with van der Waals surface area (Å²) in [5.74, 6) is 1.27. The van der Waals surface area contributed by atoms with Crippen LogP contribution in [0.15, 0.2) is 40.8 Å². The van der Waals surface area contributed by atoms with E-state index in [1.165, 1.54) is 24.1 Å². The van der Waals surface area contributed by atoms with Crippen molar-refractivity contribution in [2.24, 2.45) is 17.0 Å². The predicted molar refractivity (Wildman–Crippen MR) is 81.9 cm³/mol. The van der Waals surface area contributed by atoms with E-state index in [0.717, 1.165) is 18.7 Å². The molecule has 1 aromatic carbocycles. The van der Waals surface area contributed by atoms with Gasteiger partial charge in [-0.05, 0) is 55.9 Å². The molecule has 2 atom stereocenters. The van der Waals surface area contributed by atoms with Gasteiger partial charge in [0.25, 0.3) is 0 Å². The first-order valence-electron chi connectivity index (χ1n) is 6.88. The van der Waals surface area contributed by atoms with E-state index >= 15 is 0 Å². The van der Waals surface area contributed by atoms with Crippen LogP contribution in [-0.4, -0.2) is 15.0 Å². The lowest BCUT2D eigenvalue weighted by Gasteiger charge is -2.26. The van der Waals surface area contributed by atoms with Gasteiger partial charge < -0.3 is 5.32 Å². The number of allylic oxidation sites excluding steroid dienone is 2. The van der Waals surface area contributed by atoms with Crippen LogP contribution in [-0.2, 0) is 10.0 Å². The SMILES string of the molecule is CC1=CC(C)CC(CNc2ccc(S(N)(=O)=O)cc2)C1. The molecule has 4 nitrogen and oxygen atoms in total. The standard InChI is InChI=1S/C15H22N2O2S/c1-11-7-12(2)9-13(8-11)10-17-14-3-5-15(6-4-14)20(16,18)19/h3-7,11,13,17H,8-10H2,1-2H3,(H2,16,18,19). The highest BCUT2D eigenvalue weighted by Crippen LogP contribution is 2.28. The van der Waals surface area contributed by atoms with Crippen LogP contribution in [0.5, 0.6) is 0 Å². The number of anilines is 1. The lowest BCUT2D eigenvalue weighted by molar-refractivity contribution is 0.421. The van der Waals surface area contributed by atoms with Gasteiger partial charge in [-0.1, -0.05) is 18.6 Å². The molecule has 0 bridgehead atoms. The summed E-state index contributed by atoms with van der Waals surface area (Å²) in [4.78, 5) is 0.146. The Kier molecular flexibility index (Phi) is 4.50. The normalized spacial score (nSPS) is 23.2. The molecule has 3 N–H and O–H groups in total. The molecule has 2 unspecified atom stereocenters. The zero-order valence-corrected chi connectivity index (χ0v) is 12.8. The second-order valence-corrected chi connectivity index (χ2v) is 7.31. The van der Waals surface area contributed by atoms with Crippen LogP contribution in [0.25, 0.3) is 0 Å². The van der Waals surface area contributed by atoms with Crippen molar-refractivity contribution in [2.45, 2.75) is 31.6 Å². The van der Waals surface area contributed by atoms with E-state index in [9.17, 15) is 8.42 Å². The van der Waals surface area contributed by atoms with Crippen molar-refractivity contribution in [3.05, 3.63) is 35.9 Å².